The number of aryl methyl sites for hydroxylation is 1. The Kier molecular flexibility index (Phi) is 3.20. The Bertz CT molecular complexity index is 621. The van der Waals surface area contributed by atoms with E-state index < -0.39 is 0 Å². The minimum Gasteiger partial charge on any atom is -0.312 e. The van der Waals surface area contributed by atoms with Gasteiger partial charge in [-0.3, -0.25) is 4.68 Å². The van der Waals surface area contributed by atoms with Gasteiger partial charge >= 0.3 is 0 Å². The van der Waals surface area contributed by atoms with Crippen molar-refractivity contribution in [3.05, 3.63) is 40.3 Å². The summed E-state index contributed by atoms with van der Waals surface area (Å²) >= 11 is 3.70. The van der Waals surface area contributed by atoms with Crippen molar-refractivity contribution in [2.75, 3.05) is 7.05 Å². The first-order valence-electron chi connectivity index (χ1n) is 5.88. The summed E-state index contributed by atoms with van der Waals surface area (Å²) in [5, 5.41) is 9.78. The number of hydrogen-bond acceptors (Lipinski definition) is 4. The van der Waals surface area contributed by atoms with E-state index in [1.165, 1.54) is 19.8 Å². The van der Waals surface area contributed by atoms with Crippen LogP contribution in [-0.2, 0) is 13.5 Å². The predicted molar refractivity (Wildman–Crippen MR) is 78.4 cm³/mol. The predicted octanol–water partition coefficient (Wildman–Crippen LogP) is 3.20. The van der Waals surface area contributed by atoms with Crippen LogP contribution in [0.25, 0.3) is 9.40 Å². The van der Waals surface area contributed by atoms with Gasteiger partial charge in [0, 0.05) is 33.6 Å². The Hall–Kier alpha value is -1.17. The van der Waals surface area contributed by atoms with Crippen LogP contribution in [0.5, 0.6) is 0 Å². The zero-order chi connectivity index (χ0) is 12.5. The second kappa shape index (κ2) is 4.84. The molecule has 0 bridgehead atoms. The van der Waals surface area contributed by atoms with Crippen molar-refractivity contribution in [2.45, 2.75) is 12.5 Å². The SMILES string of the molecule is CNC(Cc1cnn(C)c1)c1cc2sccc2s1. The normalized spacial score (nSPS) is 13.2. The highest BCUT2D eigenvalue weighted by Gasteiger charge is 2.14. The van der Waals surface area contributed by atoms with Crippen molar-refractivity contribution >= 4 is 32.1 Å². The third-order valence-electron chi connectivity index (χ3n) is 3.05. The Labute approximate surface area is 114 Å². The summed E-state index contributed by atoms with van der Waals surface area (Å²) < 4.78 is 4.64. The number of nitrogens with one attached hydrogen (secondary N) is 1. The van der Waals surface area contributed by atoms with Crippen LogP contribution >= 0.6 is 22.7 Å². The molecule has 0 saturated heterocycles. The monoisotopic (exact) mass is 277 g/mol. The van der Waals surface area contributed by atoms with Gasteiger partial charge in [-0.15, -0.1) is 22.7 Å². The third kappa shape index (κ3) is 2.21. The average Bonchev–Trinajstić information content (AvgIpc) is 3.00. The second-order valence-electron chi connectivity index (χ2n) is 4.37. The van der Waals surface area contributed by atoms with E-state index in [0.717, 1.165) is 6.42 Å². The van der Waals surface area contributed by atoms with Crippen molar-refractivity contribution < 1.29 is 0 Å². The maximum Gasteiger partial charge on any atom is 0.0522 e. The fourth-order valence-corrected chi connectivity index (χ4v) is 4.34. The molecule has 0 aliphatic carbocycles. The number of nitrogens with zero attached hydrogens (tertiary/aromatic N) is 2. The summed E-state index contributed by atoms with van der Waals surface area (Å²) in [5.74, 6) is 0. The molecule has 0 aromatic carbocycles. The maximum atomic E-state index is 4.22. The summed E-state index contributed by atoms with van der Waals surface area (Å²) in [6, 6.07) is 4.88. The number of aromatic nitrogens is 2. The van der Waals surface area contributed by atoms with Crippen LogP contribution in [-0.4, -0.2) is 16.8 Å². The van der Waals surface area contributed by atoms with E-state index in [0.29, 0.717) is 6.04 Å². The molecule has 0 amide bonds. The first kappa shape index (κ1) is 11.9. The molecular weight excluding hydrogens is 262 g/mol. The molecule has 0 aliphatic heterocycles. The van der Waals surface area contributed by atoms with Crippen LogP contribution in [0, 0.1) is 0 Å². The molecule has 3 aromatic heterocycles. The standard InChI is InChI=1S/C13H15N3S2/c1-14-10(5-9-7-15-16(2)8-9)12-6-13-11(18-12)3-4-17-13/h3-4,6-8,10,14H,5H2,1-2H3. The fraction of sp³-hybridized carbons (Fsp3) is 0.308. The Balaban J connectivity index is 1.85. The van der Waals surface area contributed by atoms with Crippen molar-refractivity contribution in [3.8, 4) is 0 Å². The highest BCUT2D eigenvalue weighted by molar-refractivity contribution is 7.26. The average molecular weight is 277 g/mol. The van der Waals surface area contributed by atoms with Crippen LogP contribution in [0.3, 0.4) is 0 Å². The molecule has 1 unspecified atom stereocenters. The van der Waals surface area contributed by atoms with Crippen molar-refractivity contribution in [1.29, 1.82) is 0 Å². The zero-order valence-corrected chi connectivity index (χ0v) is 12.0. The molecule has 3 rings (SSSR count). The quantitative estimate of drug-likeness (QED) is 0.793. The topological polar surface area (TPSA) is 29.9 Å². The first-order chi connectivity index (χ1) is 8.76. The van der Waals surface area contributed by atoms with Gasteiger partial charge in [-0.25, -0.2) is 0 Å². The smallest absolute Gasteiger partial charge is 0.0522 e. The molecule has 0 saturated carbocycles. The van der Waals surface area contributed by atoms with Crippen molar-refractivity contribution in [1.82, 2.24) is 15.1 Å². The van der Waals surface area contributed by atoms with E-state index in [1.54, 1.807) is 0 Å². The molecule has 0 aliphatic rings. The van der Waals surface area contributed by atoms with Crippen molar-refractivity contribution in [3.63, 3.8) is 0 Å². The Morgan fingerprint density at radius 2 is 2.33 bits per heavy atom. The molecule has 94 valence electrons. The highest BCUT2D eigenvalue weighted by Crippen LogP contribution is 2.34. The van der Waals surface area contributed by atoms with Crippen LogP contribution < -0.4 is 5.32 Å². The van der Waals surface area contributed by atoms with E-state index in [4.69, 9.17) is 0 Å². The van der Waals surface area contributed by atoms with Crippen molar-refractivity contribution in [2.24, 2.45) is 7.05 Å². The molecule has 0 fully saturated rings. The molecule has 18 heavy (non-hydrogen) atoms. The number of rotatable bonds is 4. The van der Waals surface area contributed by atoms with Gasteiger partial charge in [-0.05, 0) is 36.5 Å². The van der Waals surface area contributed by atoms with E-state index in [1.807, 2.05) is 47.6 Å². The van der Waals surface area contributed by atoms with Gasteiger partial charge < -0.3 is 5.32 Å². The van der Waals surface area contributed by atoms with E-state index >= 15 is 0 Å². The fourth-order valence-electron chi connectivity index (χ4n) is 2.11. The Morgan fingerprint density at radius 1 is 1.44 bits per heavy atom. The maximum absolute atomic E-state index is 4.22. The lowest BCUT2D eigenvalue weighted by atomic mass is 10.1. The number of thiophene rings is 2. The second-order valence-corrected chi connectivity index (χ2v) is 6.43. The first-order valence-corrected chi connectivity index (χ1v) is 7.57. The summed E-state index contributed by atoms with van der Waals surface area (Å²) in [6.07, 6.45) is 5.01. The third-order valence-corrected chi connectivity index (χ3v) is 5.26. The lowest BCUT2D eigenvalue weighted by molar-refractivity contribution is 0.602. The van der Waals surface area contributed by atoms with Crippen LogP contribution in [0.4, 0.5) is 0 Å². The Morgan fingerprint density at radius 3 is 3.00 bits per heavy atom. The van der Waals surface area contributed by atoms with Gasteiger partial charge in [-0.2, -0.15) is 5.10 Å². The molecule has 5 heteroatoms. The van der Waals surface area contributed by atoms with Crippen LogP contribution in [0.15, 0.2) is 29.9 Å². The van der Waals surface area contributed by atoms with Gasteiger partial charge in [0.15, 0.2) is 0 Å². The summed E-state index contributed by atoms with van der Waals surface area (Å²) in [5.41, 5.74) is 1.27. The minimum atomic E-state index is 0.374. The highest BCUT2D eigenvalue weighted by atomic mass is 32.1. The number of fused-ring (bicyclic) bond motifs is 1. The largest absolute Gasteiger partial charge is 0.312 e. The molecule has 0 spiro atoms. The molecule has 3 aromatic rings. The van der Waals surface area contributed by atoms with E-state index in [-0.39, 0.29) is 0 Å². The molecule has 3 heterocycles. The van der Waals surface area contributed by atoms with Gasteiger partial charge in [0.25, 0.3) is 0 Å². The van der Waals surface area contributed by atoms with Gasteiger partial charge in [-0.1, -0.05) is 0 Å². The molecule has 3 nitrogen and oxygen atoms in total. The molecule has 0 radical (unpaired) electrons. The van der Waals surface area contributed by atoms with E-state index in [9.17, 15) is 0 Å². The number of hydrogen-bond donors (Lipinski definition) is 1. The van der Waals surface area contributed by atoms with E-state index in [2.05, 4.69) is 34.1 Å². The lowest BCUT2D eigenvalue weighted by Crippen LogP contribution is -2.17. The zero-order valence-electron chi connectivity index (χ0n) is 10.4. The van der Waals surface area contributed by atoms with Gasteiger partial charge in [0.2, 0.25) is 0 Å². The molecular formula is C13H15N3S2. The van der Waals surface area contributed by atoms with Gasteiger partial charge in [0.05, 0.1) is 6.20 Å². The lowest BCUT2D eigenvalue weighted by Gasteiger charge is -2.12. The summed E-state index contributed by atoms with van der Waals surface area (Å²) in [6.45, 7) is 0. The van der Waals surface area contributed by atoms with Gasteiger partial charge in [0.1, 0.15) is 0 Å². The van der Waals surface area contributed by atoms with Crippen LogP contribution in [0.2, 0.25) is 0 Å². The summed E-state index contributed by atoms with van der Waals surface area (Å²) in [4.78, 5) is 1.41. The number of likely N-dealkylation sites (N-methyl/N-ethyl adjacent to an activating group) is 1. The molecule has 1 N–H and O–H groups in total. The van der Waals surface area contributed by atoms with Crippen LogP contribution in [0.1, 0.15) is 16.5 Å². The summed E-state index contributed by atoms with van der Waals surface area (Å²) in [7, 11) is 3.98. The minimum absolute atomic E-state index is 0.374. The molecule has 1 atom stereocenters.